The first-order valence-corrected chi connectivity index (χ1v) is 7.94. The molecule has 0 aromatic rings. The second-order valence-electron chi connectivity index (χ2n) is 2.42. The summed E-state index contributed by atoms with van der Waals surface area (Å²) in [4.78, 5) is 0. The molecule has 3 heteroatoms. The van der Waals surface area contributed by atoms with E-state index in [-0.39, 0.29) is 0 Å². The van der Waals surface area contributed by atoms with Crippen molar-refractivity contribution in [3.8, 4) is 0 Å². The maximum Gasteiger partial charge on any atom is 0.273 e. The number of unbranched alkanes of at least 4 members (excludes halogenated alkanes) is 2. The smallest absolute Gasteiger partial charge is 0.140 e. The first kappa shape index (κ1) is 10.5. The van der Waals surface area contributed by atoms with Gasteiger partial charge in [-0.05, 0) is 6.04 Å². The van der Waals surface area contributed by atoms with Gasteiger partial charge in [0.25, 0.3) is 6.69 Å². The van der Waals surface area contributed by atoms with Crippen LogP contribution in [0.15, 0.2) is 12.3 Å². The zero-order chi connectivity index (χ0) is 8.04. The molecule has 0 rings (SSSR count). The second kappa shape index (κ2) is 5.22. The Balaban J connectivity index is 3.37. The van der Waals surface area contributed by atoms with E-state index >= 15 is 0 Å². The lowest BCUT2D eigenvalue weighted by atomic mass is 10.3. The largest absolute Gasteiger partial charge is 0.273 e. The van der Waals surface area contributed by atoms with Gasteiger partial charge in [0.1, 0.15) is 0 Å². The normalized spacial score (nSPS) is 11.5. The summed E-state index contributed by atoms with van der Waals surface area (Å²) in [6.45, 7) is 3.77. The minimum absolute atomic E-state index is 0.952. The highest BCUT2D eigenvalue weighted by Crippen LogP contribution is 2.23. The monoisotopic (exact) mass is 196 g/mol. The summed E-state index contributed by atoms with van der Waals surface area (Å²) in [7, 11) is 0. The van der Waals surface area contributed by atoms with Crippen molar-refractivity contribution in [3.63, 3.8) is 0 Å². The molecule has 0 aromatic heterocycles. The van der Waals surface area contributed by atoms with Gasteiger partial charge in [0.2, 0.25) is 0 Å². The Bertz CT molecular complexity index is 102. The maximum atomic E-state index is 5.94. The summed E-state index contributed by atoms with van der Waals surface area (Å²) in [5.74, 6) is 0. The van der Waals surface area contributed by atoms with Crippen molar-refractivity contribution in [1.29, 1.82) is 0 Å². The van der Waals surface area contributed by atoms with Gasteiger partial charge < -0.3 is 0 Å². The van der Waals surface area contributed by atoms with Crippen LogP contribution in [0.1, 0.15) is 26.2 Å². The molecule has 0 aromatic carbocycles. The molecule has 10 heavy (non-hydrogen) atoms. The van der Waals surface area contributed by atoms with Crippen LogP contribution < -0.4 is 0 Å². The molecule has 0 aliphatic rings. The molecule has 0 aliphatic carbocycles. The highest BCUT2D eigenvalue weighted by molar-refractivity contribution is 7.47. The highest BCUT2D eigenvalue weighted by Gasteiger charge is 2.22. The molecule has 0 amide bonds. The Morgan fingerprint density at radius 1 is 1.40 bits per heavy atom. The van der Waals surface area contributed by atoms with Gasteiger partial charge in [-0.1, -0.05) is 31.9 Å². The molecule has 0 fully saturated rings. The van der Waals surface area contributed by atoms with Crippen molar-refractivity contribution in [2.45, 2.75) is 32.2 Å². The Morgan fingerprint density at radius 2 is 2.00 bits per heavy atom. The molecule has 0 saturated heterocycles. The summed E-state index contributed by atoms with van der Waals surface area (Å²) >= 11 is 11.9. The zero-order valence-electron chi connectivity index (χ0n) is 6.37. The van der Waals surface area contributed by atoms with Crippen molar-refractivity contribution in [2.24, 2.45) is 0 Å². The lowest BCUT2D eigenvalue weighted by molar-refractivity contribution is 0.768. The minimum atomic E-state index is -2.01. The van der Waals surface area contributed by atoms with Crippen LogP contribution in [0.3, 0.4) is 0 Å². The Labute approximate surface area is 73.6 Å². The van der Waals surface area contributed by atoms with Gasteiger partial charge >= 0.3 is 0 Å². The number of hydrogen-bond donors (Lipinski definition) is 0. The Morgan fingerprint density at radius 3 is 2.40 bits per heavy atom. The molecule has 0 radical (unpaired) electrons. The second-order valence-corrected chi connectivity index (χ2v) is 9.48. The summed E-state index contributed by atoms with van der Waals surface area (Å²) in [5, 5.41) is 0. The first-order valence-electron chi connectivity index (χ1n) is 3.64. The summed E-state index contributed by atoms with van der Waals surface area (Å²) in [6.07, 6.45) is 3.58. The van der Waals surface area contributed by atoms with E-state index in [0.717, 1.165) is 12.5 Å². The quantitative estimate of drug-likeness (QED) is 0.357. The van der Waals surface area contributed by atoms with Crippen LogP contribution in [0.5, 0.6) is 0 Å². The third kappa shape index (κ3) is 5.33. The van der Waals surface area contributed by atoms with Crippen molar-refractivity contribution < 1.29 is 0 Å². The predicted molar refractivity (Wildman–Crippen MR) is 52.0 cm³/mol. The fourth-order valence-corrected chi connectivity index (χ4v) is 2.44. The third-order valence-corrected chi connectivity index (χ3v) is 5.09. The van der Waals surface area contributed by atoms with E-state index in [4.69, 9.17) is 22.2 Å². The summed E-state index contributed by atoms with van der Waals surface area (Å²) in [6, 6.07) is 0.952. The van der Waals surface area contributed by atoms with Crippen molar-refractivity contribution >= 4 is 28.9 Å². The topological polar surface area (TPSA) is 0 Å². The first-order chi connectivity index (χ1) is 4.62. The van der Waals surface area contributed by atoms with Gasteiger partial charge in [-0.3, -0.25) is 0 Å². The van der Waals surface area contributed by atoms with Crippen LogP contribution in [0.2, 0.25) is 6.04 Å². The molecule has 0 nitrogen and oxygen atoms in total. The van der Waals surface area contributed by atoms with E-state index < -0.39 is 6.69 Å². The van der Waals surface area contributed by atoms with Crippen LogP contribution in [0.4, 0.5) is 0 Å². The van der Waals surface area contributed by atoms with Gasteiger partial charge in [0.05, 0.1) is 0 Å². The number of halogens is 2. The van der Waals surface area contributed by atoms with Gasteiger partial charge in [0, 0.05) is 0 Å². The molecule has 0 saturated carbocycles. The van der Waals surface area contributed by atoms with E-state index in [1.807, 2.05) is 0 Å². The molecule has 0 unspecified atom stereocenters. The van der Waals surface area contributed by atoms with Crippen molar-refractivity contribution in [2.75, 3.05) is 0 Å². The van der Waals surface area contributed by atoms with Crippen LogP contribution in [0, 0.1) is 0 Å². The van der Waals surface area contributed by atoms with Gasteiger partial charge in [0.15, 0.2) is 0 Å². The molecule has 0 spiro atoms. The third-order valence-electron chi connectivity index (χ3n) is 1.41. The lowest BCUT2D eigenvalue weighted by Crippen LogP contribution is -2.14. The lowest BCUT2D eigenvalue weighted by Gasteiger charge is -2.09. The fraction of sp³-hybridized carbons (Fsp3) is 0.714. The summed E-state index contributed by atoms with van der Waals surface area (Å²) < 4.78 is 0. The van der Waals surface area contributed by atoms with E-state index in [2.05, 4.69) is 13.5 Å². The van der Waals surface area contributed by atoms with Crippen LogP contribution in [-0.2, 0) is 0 Å². The van der Waals surface area contributed by atoms with E-state index in [9.17, 15) is 0 Å². The van der Waals surface area contributed by atoms with E-state index in [1.54, 1.807) is 5.70 Å². The SMILES string of the molecule is C=C[Si](Cl)(Cl)CCCCC. The van der Waals surface area contributed by atoms with Crippen molar-refractivity contribution in [1.82, 2.24) is 0 Å². The molecule has 0 bridgehead atoms. The summed E-state index contributed by atoms with van der Waals surface area (Å²) in [5.41, 5.74) is 1.73. The van der Waals surface area contributed by atoms with Crippen LogP contribution in [0.25, 0.3) is 0 Å². The average molecular weight is 197 g/mol. The van der Waals surface area contributed by atoms with Gasteiger partial charge in [-0.15, -0.1) is 28.7 Å². The molecule has 0 heterocycles. The standard InChI is InChI=1S/C7H14Cl2Si/c1-3-5-6-7-10(8,9)4-2/h4H,2-3,5-7H2,1H3. The van der Waals surface area contributed by atoms with Crippen LogP contribution in [-0.4, -0.2) is 6.69 Å². The molecule has 0 aliphatic heterocycles. The van der Waals surface area contributed by atoms with Crippen LogP contribution >= 0.6 is 22.2 Å². The fourth-order valence-electron chi connectivity index (χ4n) is 0.713. The number of rotatable bonds is 5. The number of hydrogen-bond acceptors (Lipinski definition) is 0. The maximum absolute atomic E-state index is 5.94. The Hall–Kier alpha value is 0.537. The van der Waals surface area contributed by atoms with E-state index in [1.165, 1.54) is 12.8 Å². The molecular formula is C7H14Cl2Si. The van der Waals surface area contributed by atoms with E-state index in [0.29, 0.717) is 0 Å². The molecule has 0 N–H and O–H groups in total. The highest BCUT2D eigenvalue weighted by atomic mass is 35.7. The minimum Gasteiger partial charge on any atom is -0.140 e. The predicted octanol–water partition coefficient (Wildman–Crippen LogP) is 3.82. The van der Waals surface area contributed by atoms with Crippen molar-refractivity contribution in [3.05, 3.63) is 12.3 Å². The van der Waals surface area contributed by atoms with Gasteiger partial charge in [-0.2, -0.15) is 0 Å². The average Bonchev–Trinajstić information content (AvgIpc) is 1.89. The molecular weight excluding hydrogens is 183 g/mol. The van der Waals surface area contributed by atoms with Gasteiger partial charge in [-0.25, -0.2) is 0 Å². The molecule has 60 valence electrons. The zero-order valence-corrected chi connectivity index (χ0v) is 8.88. The molecule has 0 atom stereocenters. The Kier molecular flexibility index (Phi) is 5.50.